The van der Waals surface area contributed by atoms with Gasteiger partial charge in [-0.25, -0.2) is 8.78 Å². The minimum absolute atomic E-state index is 0.0504. The molecule has 1 aliphatic rings. The minimum Gasteiger partial charge on any atom is -0.366 e. The van der Waals surface area contributed by atoms with Crippen LogP contribution in [-0.4, -0.2) is 31.7 Å². The highest BCUT2D eigenvalue weighted by Crippen LogP contribution is 2.15. The molecule has 0 bridgehead atoms. The summed E-state index contributed by atoms with van der Waals surface area (Å²) in [5.74, 6) is -1.93. The smallest absolute Gasteiger partial charge is 0.254 e. The van der Waals surface area contributed by atoms with Crippen LogP contribution in [-0.2, 0) is 9.53 Å². The highest BCUT2D eigenvalue weighted by molar-refractivity contribution is 5.94. The lowest BCUT2D eigenvalue weighted by atomic mass is 10.2. The third kappa shape index (κ3) is 2.98. The van der Waals surface area contributed by atoms with Gasteiger partial charge in [-0.1, -0.05) is 0 Å². The average molecular weight is 242 g/mol. The van der Waals surface area contributed by atoms with Crippen LogP contribution in [0.15, 0.2) is 18.2 Å². The Bertz CT molecular complexity index is 420. The van der Waals surface area contributed by atoms with Crippen molar-refractivity contribution in [3.05, 3.63) is 29.8 Å². The molecule has 1 fully saturated rings. The van der Waals surface area contributed by atoms with E-state index in [4.69, 9.17) is 4.74 Å². The van der Waals surface area contributed by atoms with Crippen molar-refractivity contribution >= 4 is 11.6 Å². The summed E-state index contributed by atoms with van der Waals surface area (Å²) in [5.41, 5.74) is -0.0504. The molecule has 1 aromatic carbocycles. The van der Waals surface area contributed by atoms with Crippen molar-refractivity contribution in [2.75, 3.05) is 25.0 Å². The van der Waals surface area contributed by atoms with Gasteiger partial charge in [0.05, 0.1) is 12.3 Å². The molecular formula is C11H12F2N2O2. The molecule has 17 heavy (non-hydrogen) atoms. The number of carbonyl (C=O) groups excluding carboxylic acids is 1. The van der Waals surface area contributed by atoms with E-state index in [1.54, 1.807) is 0 Å². The van der Waals surface area contributed by atoms with E-state index < -0.39 is 23.6 Å². The van der Waals surface area contributed by atoms with Crippen molar-refractivity contribution < 1.29 is 18.3 Å². The second kappa shape index (κ2) is 5.20. The van der Waals surface area contributed by atoms with E-state index in [1.807, 2.05) is 0 Å². The predicted octanol–water partition coefficient (Wildman–Crippen LogP) is 0.892. The monoisotopic (exact) mass is 242 g/mol. The Morgan fingerprint density at radius 2 is 2.29 bits per heavy atom. The van der Waals surface area contributed by atoms with Crippen LogP contribution in [0.5, 0.6) is 0 Å². The molecule has 0 spiro atoms. The minimum atomic E-state index is -0.804. The molecule has 1 atom stereocenters. The lowest BCUT2D eigenvalue weighted by molar-refractivity contribution is -0.128. The van der Waals surface area contributed by atoms with Crippen LogP contribution in [0.2, 0.25) is 0 Å². The Balaban J connectivity index is 2.02. The molecule has 0 saturated carbocycles. The van der Waals surface area contributed by atoms with E-state index >= 15 is 0 Å². The number of ether oxygens (including phenoxy) is 1. The van der Waals surface area contributed by atoms with Crippen LogP contribution in [0.25, 0.3) is 0 Å². The van der Waals surface area contributed by atoms with Crippen LogP contribution in [0.1, 0.15) is 0 Å². The van der Waals surface area contributed by atoms with Crippen molar-refractivity contribution in [1.82, 2.24) is 5.32 Å². The lowest BCUT2D eigenvalue weighted by Gasteiger charge is -2.22. The Morgan fingerprint density at radius 1 is 1.47 bits per heavy atom. The van der Waals surface area contributed by atoms with Crippen molar-refractivity contribution in [3.63, 3.8) is 0 Å². The number of rotatable bonds is 2. The first-order chi connectivity index (χ1) is 8.16. The van der Waals surface area contributed by atoms with Gasteiger partial charge in [0.2, 0.25) is 0 Å². The van der Waals surface area contributed by atoms with Crippen LogP contribution in [0, 0.1) is 11.6 Å². The highest BCUT2D eigenvalue weighted by atomic mass is 19.1. The molecule has 92 valence electrons. The van der Waals surface area contributed by atoms with Gasteiger partial charge in [0.1, 0.15) is 17.7 Å². The molecule has 1 saturated heterocycles. The van der Waals surface area contributed by atoms with Gasteiger partial charge in [-0.05, 0) is 12.1 Å². The summed E-state index contributed by atoms with van der Waals surface area (Å²) < 4.78 is 31.1. The van der Waals surface area contributed by atoms with Gasteiger partial charge in [0.15, 0.2) is 0 Å². The molecule has 0 aromatic heterocycles. The molecule has 0 radical (unpaired) electrons. The summed E-state index contributed by atoms with van der Waals surface area (Å²) in [7, 11) is 0. The Kier molecular flexibility index (Phi) is 3.65. The zero-order valence-electron chi connectivity index (χ0n) is 9.00. The normalized spacial score (nSPS) is 20.0. The fourth-order valence-corrected chi connectivity index (χ4v) is 1.54. The zero-order valence-corrected chi connectivity index (χ0v) is 9.00. The molecule has 1 aromatic rings. The molecule has 1 amide bonds. The zero-order chi connectivity index (χ0) is 12.3. The van der Waals surface area contributed by atoms with Gasteiger partial charge in [-0.3, -0.25) is 4.79 Å². The number of morpholine rings is 1. The highest BCUT2D eigenvalue weighted by Gasteiger charge is 2.22. The maximum atomic E-state index is 13.3. The second-order valence-electron chi connectivity index (χ2n) is 3.68. The quantitative estimate of drug-likeness (QED) is 0.809. The van der Waals surface area contributed by atoms with Gasteiger partial charge < -0.3 is 15.4 Å². The van der Waals surface area contributed by atoms with E-state index in [9.17, 15) is 13.6 Å². The lowest BCUT2D eigenvalue weighted by Crippen LogP contribution is -2.45. The topological polar surface area (TPSA) is 50.4 Å². The van der Waals surface area contributed by atoms with Crippen molar-refractivity contribution in [1.29, 1.82) is 0 Å². The SMILES string of the molecule is O=C(Nc1ccc(F)cc1F)C1CNCCO1. The number of hydrogen-bond donors (Lipinski definition) is 2. The molecule has 1 unspecified atom stereocenters. The summed E-state index contributed by atoms with van der Waals surface area (Å²) in [5, 5.41) is 5.35. The first-order valence-electron chi connectivity index (χ1n) is 5.25. The Morgan fingerprint density at radius 3 is 2.94 bits per heavy atom. The summed E-state index contributed by atoms with van der Waals surface area (Å²) in [6.45, 7) is 1.51. The summed E-state index contributed by atoms with van der Waals surface area (Å²) >= 11 is 0. The molecular weight excluding hydrogens is 230 g/mol. The number of benzene rings is 1. The maximum absolute atomic E-state index is 13.3. The van der Waals surface area contributed by atoms with Gasteiger partial charge >= 0.3 is 0 Å². The van der Waals surface area contributed by atoms with Crippen LogP contribution >= 0.6 is 0 Å². The number of anilines is 1. The third-order valence-electron chi connectivity index (χ3n) is 2.41. The second-order valence-corrected chi connectivity index (χ2v) is 3.68. The van der Waals surface area contributed by atoms with Gasteiger partial charge in [0, 0.05) is 19.2 Å². The molecule has 1 aliphatic heterocycles. The Labute approximate surface area is 97.0 Å². The predicted molar refractivity (Wildman–Crippen MR) is 57.6 cm³/mol. The molecule has 2 N–H and O–H groups in total. The first kappa shape index (κ1) is 11.9. The van der Waals surface area contributed by atoms with Crippen LogP contribution in [0.3, 0.4) is 0 Å². The van der Waals surface area contributed by atoms with Crippen LogP contribution < -0.4 is 10.6 Å². The number of nitrogens with one attached hydrogen (secondary N) is 2. The van der Waals surface area contributed by atoms with Gasteiger partial charge in [-0.2, -0.15) is 0 Å². The van der Waals surface area contributed by atoms with Crippen LogP contribution in [0.4, 0.5) is 14.5 Å². The number of hydrogen-bond acceptors (Lipinski definition) is 3. The van der Waals surface area contributed by atoms with E-state index in [0.29, 0.717) is 19.7 Å². The summed E-state index contributed by atoms with van der Waals surface area (Å²) in [6.07, 6.45) is -0.645. The summed E-state index contributed by atoms with van der Waals surface area (Å²) in [6, 6.07) is 2.98. The van der Waals surface area contributed by atoms with E-state index in [0.717, 1.165) is 12.1 Å². The molecule has 4 nitrogen and oxygen atoms in total. The Hall–Kier alpha value is -1.53. The largest absolute Gasteiger partial charge is 0.366 e. The first-order valence-corrected chi connectivity index (χ1v) is 5.25. The molecule has 0 aliphatic carbocycles. The number of amides is 1. The third-order valence-corrected chi connectivity index (χ3v) is 2.41. The number of halogens is 2. The van der Waals surface area contributed by atoms with Crippen molar-refractivity contribution in [2.45, 2.75) is 6.10 Å². The summed E-state index contributed by atoms with van der Waals surface area (Å²) in [4.78, 5) is 11.7. The molecule has 6 heteroatoms. The van der Waals surface area contributed by atoms with E-state index in [-0.39, 0.29) is 5.69 Å². The van der Waals surface area contributed by atoms with Gasteiger partial charge in [0.25, 0.3) is 5.91 Å². The standard InChI is InChI=1S/C11H12F2N2O2/c12-7-1-2-9(8(13)5-7)15-11(16)10-6-14-3-4-17-10/h1-2,5,10,14H,3-4,6H2,(H,15,16). The van der Waals surface area contributed by atoms with Gasteiger partial charge in [-0.15, -0.1) is 0 Å². The maximum Gasteiger partial charge on any atom is 0.254 e. The van der Waals surface area contributed by atoms with Crippen molar-refractivity contribution in [3.8, 4) is 0 Å². The van der Waals surface area contributed by atoms with E-state index in [2.05, 4.69) is 10.6 Å². The molecule has 2 rings (SSSR count). The molecule has 1 heterocycles. The fraction of sp³-hybridized carbons (Fsp3) is 0.364. The van der Waals surface area contributed by atoms with Crippen molar-refractivity contribution in [2.24, 2.45) is 0 Å². The fourth-order valence-electron chi connectivity index (χ4n) is 1.54. The number of carbonyl (C=O) groups is 1. The van der Waals surface area contributed by atoms with E-state index in [1.165, 1.54) is 6.07 Å². The average Bonchev–Trinajstić information content (AvgIpc) is 2.34.